The van der Waals surface area contributed by atoms with Crippen LogP contribution in [0.1, 0.15) is 26.2 Å². The molecular weight excluding hydrogens is 288 g/mol. The minimum absolute atomic E-state index is 0.0149. The Morgan fingerprint density at radius 1 is 1.09 bits per heavy atom. The molecule has 130 valence electrons. The van der Waals surface area contributed by atoms with Crippen LogP contribution >= 0.6 is 0 Å². The first-order valence-corrected chi connectivity index (χ1v) is 7.96. The van der Waals surface area contributed by atoms with Crippen LogP contribution in [0.3, 0.4) is 0 Å². The fourth-order valence-corrected chi connectivity index (χ4v) is 3.15. The molecule has 0 bridgehead atoms. The topological polar surface area (TPSA) is 149 Å². The predicted octanol–water partition coefficient (Wildman–Crippen LogP) is -2.41. The summed E-state index contributed by atoms with van der Waals surface area (Å²) >= 11 is 0. The van der Waals surface area contributed by atoms with Crippen LogP contribution in [0.15, 0.2) is 0 Å². The standard InChI is InChI=1S/C14H30N4O4/c1-6(18-2)10-4-3-7(15)14(21-10)22-13-9(17)5-8(16)11(19)12(13)20/h6-14,18-20H,3-5,15-17H2,1-2H3/t6-,7-,8-,9+,10+,11+,12+,13-,14-/m1/s1. The van der Waals surface area contributed by atoms with Gasteiger partial charge in [-0.2, -0.15) is 0 Å². The predicted molar refractivity (Wildman–Crippen MR) is 81.8 cm³/mol. The molecule has 9 N–H and O–H groups in total. The zero-order chi connectivity index (χ0) is 16.4. The number of hydrogen-bond acceptors (Lipinski definition) is 8. The number of ether oxygens (including phenoxy) is 2. The van der Waals surface area contributed by atoms with E-state index in [1.165, 1.54) is 0 Å². The van der Waals surface area contributed by atoms with E-state index < -0.39 is 36.7 Å². The smallest absolute Gasteiger partial charge is 0.173 e. The molecule has 0 amide bonds. The summed E-state index contributed by atoms with van der Waals surface area (Å²) in [5, 5.41) is 23.2. The van der Waals surface area contributed by atoms with Gasteiger partial charge in [-0.05, 0) is 33.2 Å². The van der Waals surface area contributed by atoms with Gasteiger partial charge < -0.3 is 42.2 Å². The van der Waals surface area contributed by atoms with Gasteiger partial charge >= 0.3 is 0 Å². The van der Waals surface area contributed by atoms with Crippen LogP contribution in [0.2, 0.25) is 0 Å². The van der Waals surface area contributed by atoms with Gasteiger partial charge in [-0.1, -0.05) is 0 Å². The maximum absolute atomic E-state index is 10.2. The van der Waals surface area contributed by atoms with Gasteiger partial charge in [0, 0.05) is 18.1 Å². The van der Waals surface area contributed by atoms with Crippen LogP contribution in [0, 0.1) is 0 Å². The second kappa shape index (κ2) is 7.50. The monoisotopic (exact) mass is 318 g/mol. The second-order valence-electron chi connectivity index (χ2n) is 6.51. The molecule has 0 spiro atoms. The lowest BCUT2D eigenvalue weighted by molar-refractivity contribution is -0.256. The van der Waals surface area contributed by atoms with Gasteiger partial charge in [-0.3, -0.25) is 0 Å². The maximum atomic E-state index is 10.2. The van der Waals surface area contributed by atoms with E-state index in [0.29, 0.717) is 6.42 Å². The number of nitrogens with one attached hydrogen (secondary N) is 1. The van der Waals surface area contributed by atoms with Crippen molar-refractivity contribution in [3.63, 3.8) is 0 Å². The Bertz CT molecular complexity index is 362. The average Bonchev–Trinajstić information content (AvgIpc) is 2.50. The van der Waals surface area contributed by atoms with E-state index in [-0.39, 0.29) is 18.2 Å². The molecule has 1 saturated heterocycles. The molecule has 0 unspecified atom stereocenters. The van der Waals surface area contributed by atoms with Crippen molar-refractivity contribution in [2.24, 2.45) is 17.2 Å². The molecule has 1 heterocycles. The number of aliphatic hydroxyl groups is 2. The van der Waals surface area contributed by atoms with Gasteiger partial charge in [-0.25, -0.2) is 0 Å². The minimum atomic E-state index is -1.14. The molecule has 2 rings (SSSR count). The molecule has 2 aliphatic rings. The van der Waals surface area contributed by atoms with Crippen LogP contribution in [-0.4, -0.2) is 72.1 Å². The minimum Gasteiger partial charge on any atom is -0.389 e. The fraction of sp³-hybridized carbons (Fsp3) is 1.00. The molecule has 1 aliphatic carbocycles. The van der Waals surface area contributed by atoms with Crippen molar-refractivity contribution in [1.82, 2.24) is 5.32 Å². The quantitative estimate of drug-likeness (QED) is 0.336. The van der Waals surface area contributed by atoms with Crippen molar-refractivity contribution in [3.05, 3.63) is 0 Å². The molecule has 0 aromatic carbocycles. The molecule has 22 heavy (non-hydrogen) atoms. The highest BCUT2D eigenvalue weighted by atomic mass is 16.7. The van der Waals surface area contributed by atoms with E-state index >= 15 is 0 Å². The third-order valence-electron chi connectivity index (χ3n) is 4.84. The zero-order valence-electron chi connectivity index (χ0n) is 13.3. The van der Waals surface area contributed by atoms with Crippen molar-refractivity contribution >= 4 is 0 Å². The molecule has 8 nitrogen and oxygen atoms in total. The molecule has 9 atom stereocenters. The molecule has 0 radical (unpaired) electrons. The number of nitrogens with two attached hydrogens (primary N) is 3. The molecule has 1 saturated carbocycles. The molecule has 0 aromatic heterocycles. The Hall–Kier alpha value is -0.320. The number of rotatable bonds is 4. The average molecular weight is 318 g/mol. The van der Waals surface area contributed by atoms with Gasteiger partial charge in [0.05, 0.1) is 18.2 Å². The van der Waals surface area contributed by atoms with E-state index in [4.69, 9.17) is 26.7 Å². The van der Waals surface area contributed by atoms with Crippen molar-refractivity contribution < 1.29 is 19.7 Å². The summed E-state index contributed by atoms with van der Waals surface area (Å²) in [5.41, 5.74) is 17.8. The third-order valence-corrected chi connectivity index (χ3v) is 4.84. The van der Waals surface area contributed by atoms with Crippen LogP contribution in [-0.2, 0) is 9.47 Å². The number of likely N-dealkylation sites (N-methyl/N-ethyl adjacent to an activating group) is 1. The van der Waals surface area contributed by atoms with Gasteiger partial charge in [0.25, 0.3) is 0 Å². The van der Waals surface area contributed by atoms with Crippen LogP contribution in [0.5, 0.6) is 0 Å². The number of hydrogen-bond donors (Lipinski definition) is 6. The third kappa shape index (κ3) is 3.77. The SMILES string of the molecule is CN[C@H](C)[C@@H]1CC[C@@H](N)[C@@H](O[C@H]2[C@@H](O)[C@@H](O)[C@H](N)C[C@@H]2N)O1. The highest BCUT2D eigenvalue weighted by Crippen LogP contribution is 2.27. The van der Waals surface area contributed by atoms with Gasteiger partial charge in [-0.15, -0.1) is 0 Å². The first-order valence-electron chi connectivity index (χ1n) is 7.96. The number of aliphatic hydroxyl groups excluding tert-OH is 2. The van der Waals surface area contributed by atoms with Gasteiger partial charge in [0.2, 0.25) is 0 Å². The maximum Gasteiger partial charge on any atom is 0.173 e. The Labute approximate surface area is 131 Å². The van der Waals surface area contributed by atoms with Gasteiger partial charge in [0.1, 0.15) is 12.2 Å². The molecule has 0 aromatic rings. The summed E-state index contributed by atoms with van der Waals surface area (Å²) in [6.45, 7) is 2.03. The Morgan fingerprint density at radius 2 is 1.77 bits per heavy atom. The van der Waals surface area contributed by atoms with E-state index in [9.17, 15) is 10.2 Å². The van der Waals surface area contributed by atoms with E-state index in [1.807, 2.05) is 14.0 Å². The summed E-state index contributed by atoms with van der Waals surface area (Å²) in [4.78, 5) is 0. The fourth-order valence-electron chi connectivity index (χ4n) is 3.15. The van der Waals surface area contributed by atoms with Crippen molar-refractivity contribution in [3.8, 4) is 0 Å². The lowest BCUT2D eigenvalue weighted by atomic mass is 9.84. The molecule has 1 aliphatic heterocycles. The highest BCUT2D eigenvalue weighted by Gasteiger charge is 2.44. The first kappa shape index (κ1) is 18.0. The van der Waals surface area contributed by atoms with Gasteiger partial charge in [0.15, 0.2) is 6.29 Å². The molecular formula is C14H30N4O4. The largest absolute Gasteiger partial charge is 0.389 e. The van der Waals surface area contributed by atoms with Crippen molar-refractivity contribution in [1.29, 1.82) is 0 Å². The zero-order valence-corrected chi connectivity index (χ0v) is 13.3. The lowest BCUT2D eigenvalue weighted by Gasteiger charge is -2.44. The Morgan fingerprint density at radius 3 is 2.41 bits per heavy atom. The highest BCUT2D eigenvalue weighted by molar-refractivity contribution is 4.98. The normalized spacial score (nSPS) is 48.1. The lowest BCUT2D eigenvalue weighted by Crippen LogP contribution is -2.64. The van der Waals surface area contributed by atoms with E-state index in [2.05, 4.69) is 5.32 Å². The Kier molecular flexibility index (Phi) is 6.14. The van der Waals surface area contributed by atoms with Crippen molar-refractivity contribution in [2.75, 3.05) is 7.05 Å². The van der Waals surface area contributed by atoms with Crippen LogP contribution in [0.4, 0.5) is 0 Å². The summed E-state index contributed by atoms with van der Waals surface area (Å²) in [7, 11) is 1.87. The first-order chi connectivity index (χ1) is 10.3. The summed E-state index contributed by atoms with van der Waals surface area (Å²) < 4.78 is 11.8. The summed E-state index contributed by atoms with van der Waals surface area (Å²) in [5.74, 6) is 0. The van der Waals surface area contributed by atoms with Crippen molar-refractivity contribution in [2.45, 2.75) is 81.1 Å². The van der Waals surface area contributed by atoms with Crippen LogP contribution < -0.4 is 22.5 Å². The molecule has 2 fully saturated rings. The summed E-state index contributed by atoms with van der Waals surface area (Å²) in [6, 6.07) is -1.14. The summed E-state index contributed by atoms with van der Waals surface area (Å²) in [6.07, 6.45) is -1.62. The van der Waals surface area contributed by atoms with E-state index in [1.54, 1.807) is 0 Å². The van der Waals surface area contributed by atoms with Crippen LogP contribution in [0.25, 0.3) is 0 Å². The van der Waals surface area contributed by atoms with E-state index in [0.717, 1.165) is 12.8 Å². The molecule has 8 heteroatoms. The second-order valence-corrected chi connectivity index (χ2v) is 6.51. The Balaban J connectivity index is 2.01.